The lowest BCUT2D eigenvalue weighted by Crippen LogP contribution is -2.27. The highest BCUT2D eigenvalue weighted by Gasteiger charge is 2.20. The summed E-state index contributed by atoms with van der Waals surface area (Å²) >= 11 is 1.34. The van der Waals surface area contributed by atoms with Crippen molar-refractivity contribution in [3.8, 4) is 16.9 Å². The summed E-state index contributed by atoms with van der Waals surface area (Å²) in [7, 11) is 0. The van der Waals surface area contributed by atoms with Crippen LogP contribution in [0.2, 0.25) is 0 Å². The Bertz CT molecular complexity index is 1610. The average molecular weight is 488 g/mol. The quantitative estimate of drug-likeness (QED) is 0.386. The Hall–Kier alpha value is -3.98. The van der Waals surface area contributed by atoms with Gasteiger partial charge in [-0.1, -0.05) is 17.7 Å². The van der Waals surface area contributed by atoms with E-state index in [4.69, 9.17) is 9.52 Å². The first-order chi connectivity index (χ1) is 16.8. The Morgan fingerprint density at radius 1 is 1.14 bits per heavy atom. The molecule has 1 amide bonds. The number of carbonyl (C=O) groups is 1. The number of nitrogens with one attached hydrogen (secondary N) is 1. The molecule has 5 aromatic rings. The van der Waals surface area contributed by atoms with E-state index in [0.29, 0.717) is 39.9 Å². The van der Waals surface area contributed by atoms with Crippen molar-refractivity contribution in [2.45, 2.75) is 40.7 Å². The van der Waals surface area contributed by atoms with Crippen molar-refractivity contribution in [3.63, 3.8) is 0 Å². The van der Waals surface area contributed by atoms with E-state index in [1.165, 1.54) is 21.3 Å². The van der Waals surface area contributed by atoms with Crippen LogP contribution in [-0.2, 0) is 17.8 Å². The largest absolute Gasteiger partial charge is 0.467 e. The van der Waals surface area contributed by atoms with E-state index in [1.807, 2.05) is 43.7 Å². The molecular formula is C26H25N5O3S. The van der Waals surface area contributed by atoms with E-state index in [9.17, 15) is 9.59 Å². The molecule has 0 bridgehead atoms. The number of thiazole rings is 1. The number of furan rings is 1. The van der Waals surface area contributed by atoms with Crippen LogP contribution in [0.1, 0.15) is 34.0 Å². The fraction of sp³-hybridized carbons (Fsp3) is 0.231. The van der Waals surface area contributed by atoms with Gasteiger partial charge in [0.25, 0.3) is 5.56 Å². The number of carbonyl (C=O) groups excluding carboxylic acids is 1. The third-order valence-corrected chi connectivity index (χ3v) is 6.80. The van der Waals surface area contributed by atoms with Gasteiger partial charge in [0.2, 0.25) is 5.91 Å². The zero-order chi connectivity index (χ0) is 24.7. The molecule has 178 valence electrons. The minimum atomic E-state index is -0.229. The van der Waals surface area contributed by atoms with E-state index < -0.39 is 0 Å². The van der Waals surface area contributed by atoms with Crippen molar-refractivity contribution < 1.29 is 9.21 Å². The number of hydrogen-bond donors (Lipinski definition) is 1. The van der Waals surface area contributed by atoms with Gasteiger partial charge in [0.05, 0.1) is 36.2 Å². The molecule has 0 saturated heterocycles. The zero-order valence-electron chi connectivity index (χ0n) is 20.0. The summed E-state index contributed by atoms with van der Waals surface area (Å²) in [6.07, 6.45) is 1.62. The number of aromatic nitrogens is 4. The molecule has 0 unspecified atom stereocenters. The maximum absolute atomic E-state index is 13.7. The fourth-order valence-corrected chi connectivity index (χ4v) is 5.16. The predicted molar refractivity (Wildman–Crippen MR) is 135 cm³/mol. The Labute approximate surface area is 205 Å². The highest BCUT2D eigenvalue weighted by Crippen LogP contribution is 2.25. The highest BCUT2D eigenvalue weighted by molar-refractivity contribution is 7.15. The van der Waals surface area contributed by atoms with Crippen LogP contribution in [0.3, 0.4) is 0 Å². The lowest BCUT2D eigenvalue weighted by molar-refractivity contribution is -0.120. The number of rotatable bonds is 6. The van der Waals surface area contributed by atoms with Gasteiger partial charge in [0, 0.05) is 16.8 Å². The van der Waals surface area contributed by atoms with E-state index in [2.05, 4.69) is 23.3 Å². The van der Waals surface area contributed by atoms with Crippen molar-refractivity contribution in [2.24, 2.45) is 0 Å². The average Bonchev–Trinajstić information content (AvgIpc) is 3.54. The van der Waals surface area contributed by atoms with Gasteiger partial charge >= 0.3 is 0 Å². The first-order valence-corrected chi connectivity index (χ1v) is 12.1. The minimum absolute atomic E-state index is 0.0564. The molecule has 0 fully saturated rings. The summed E-state index contributed by atoms with van der Waals surface area (Å²) in [5.74, 6) is 0.463. The van der Waals surface area contributed by atoms with Gasteiger partial charge in [0.1, 0.15) is 11.5 Å². The molecule has 0 atom stereocenters. The topological polar surface area (TPSA) is 94.4 Å². The van der Waals surface area contributed by atoms with Gasteiger partial charge in [-0.25, -0.2) is 9.67 Å². The van der Waals surface area contributed by atoms with Crippen molar-refractivity contribution in [2.75, 3.05) is 0 Å². The van der Waals surface area contributed by atoms with Crippen LogP contribution in [-0.4, -0.2) is 25.1 Å². The lowest BCUT2D eigenvalue weighted by Gasteiger charge is -2.09. The van der Waals surface area contributed by atoms with Gasteiger partial charge in [-0.15, -0.1) is 11.3 Å². The molecule has 0 aliphatic carbocycles. The zero-order valence-corrected chi connectivity index (χ0v) is 20.8. The molecule has 4 aromatic heterocycles. The lowest BCUT2D eigenvalue weighted by atomic mass is 10.1. The first-order valence-electron chi connectivity index (χ1n) is 11.3. The van der Waals surface area contributed by atoms with Crippen LogP contribution in [0, 0.1) is 27.7 Å². The summed E-state index contributed by atoms with van der Waals surface area (Å²) < 4.78 is 8.63. The number of fused-ring (bicyclic) bond motifs is 1. The van der Waals surface area contributed by atoms with Crippen LogP contribution in [0.5, 0.6) is 0 Å². The highest BCUT2D eigenvalue weighted by atomic mass is 32.1. The molecule has 0 saturated carbocycles. The molecular weight excluding hydrogens is 462 g/mol. The first kappa shape index (κ1) is 22.8. The van der Waals surface area contributed by atoms with E-state index in [-0.39, 0.29) is 17.9 Å². The van der Waals surface area contributed by atoms with Gasteiger partial charge in [-0.05, 0) is 57.5 Å². The second-order valence-electron chi connectivity index (χ2n) is 8.63. The number of aryl methyl sites for hydroxylation is 4. The number of nitrogens with zero attached hydrogens (tertiary/aromatic N) is 4. The molecule has 0 spiro atoms. The molecule has 1 N–H and O–H groups in total. The second kappa shape index (κ2) is 8.99. The monoisotopic (exact) mass is 487 g/mol. The molecule has 0 aliphatic heterocycles. The Balaban J connectivity index is 1.51. The standard InChI is InChI=1S/C26H25N5O3S/c1-15-7-8-22(16(2)10-15)31-17(3)11-21(29-31)24-18(4)28-26-30(25(24)33)19(14-35-26)12-23(32)27-13-20-6-5-9-34-20/h5-11,14H,12-13H2,1-4H3,(H,27,32). The van der Waals surface area contributed by atoms with Gasteiger partial charge in [-0.2, -0.15) is 5.10 Å². The number of hydrogen-bond acceptors (Lipinski definition) is 6. The number of amides is 1. The summed E-state index contributed by atoms with van der Waals surface area (Å²) in [5, 5.41) is 9.41. The summed E-state index contributed by atoms with van der Waals surface area (Å²) in [6.45, 7) is 8.18. The predicted octanol–water partition coefficient (Wildman–Crippen LogP) is 4.29. The van der Waals surface area contributed by atoms with Crippen LogP contribution in [0.15, 0.2) is 57.3 Å². The van der Waals surface area contributed by atoms with Gasteiger partial charge in [-0.3, -0.25) is 14.0 Å². The SMILES string of the molecule is Cc1ccc(-n2nc(-c3c(C)nc4scc(CC(=O)NCc5ccco5)n4c3=O)cc2C)c(C)c1. The van der Waals surface area contributed by atoms with Crippen molar-refractivity contribution >= 4 is 22.2 Å². The molecule has 1 aromatic carbocycles. The van der Waals surface area contributed by atoms with Crippen LogP contribution < -0.4 is 10.9 Å². The Kier molecular flexibility index (Phi) is 5.86. The molecule has 35 heavy (non-hydrogen) atoms. The molecule has 0 aliphatic rings. The van der Waals surface area contributed by atoms with Crippen molar-refractivity contribution in [1.82, 2.24) is 24.5 Å². The molecule has 8 nitrogen and oxygen atoms in total. The minimum Gasteiger partial charge on any atom is -0.467 e. The smallest absolute Gasteiger partial charge is 0.268 e. The Morgan fingerprint density at radius 2 is 1.97 bits per heavy atom. The van der Waals surface area contributed by atoms with E-state index in [0.717, 1.165) is 16.9 Å². The van der Waals surface area contributed by atoms with Crippen LogP contribution in [0.4, 0.5) is 0 Å². The van der Waals surface area contributed by atoms with Gasteiger partial charge < -0.3 is 9.73 Å². The molecule has 9 heteroatoms. The third-order valence-electron chi connectivity index (χ3n) is 5.93. The van der Waals surface area contributed by atoms with Crippen LogP contribution >= 0.6 is 11.3 Å². The number of benzene rings is 1. The van der Waals surface area contributed by atoms with Crippen molar-refractivity contribution in [3.05, 3.63) is 92.4 Å². The van der Waals surface area contributed by atoms with Crippen molar-refractivity contribution in [1.29, 1.82) is 0 Å². The maximum atomic E-state index is 13.7. The summed E-state index contributed by atoms with van der Waals surface area (Å²) in [5.41, 5.74) is 6.13. The maximum Gasteiger partial charge on any atom is 0.268 e. The molecule has 5 rings (SSSR count). The second-order valence-corrected chi connectivity index (χ2v) is 9.46. The summed E-state index contributed by atoms with van der Waals surface area (Å²) in [6, 6.07) is 11.7. The third kappa shape index (κ3) is 4.30. The summed E-state index contributed by atoms with van der Waals surface area (Å²) in [4.78, 5) is 31.4. The normalized spacial score (nSPS) is 11.3. The van der Waals surface area contributed by atoms with E-state index in [1.54, 1.807) is 23.8 Å². The van der Waals surface area contributed by atoms with Gasteiger partial charge in [0.15, 0.2) is 4.96 Å². The van der Waals surface area contributed by atoms with Crippen LogP contribution in [0.25, 0.3) is 21.9 Å². The Morgan fingerprint density at radius 3 is 2.71 bits per heavy atom. The fourth-order valence-electron chi connectivity index (χ4n) is 4.23. The van der Waals surface area contributed by atoms with E-state index >= 15 is 0 Å². The molecule has 4 heterocycles. The molecule has 0 radical (unpaired) electrons.